The topological polar surface area (TPSA) is 19.6 Å². The van der Waals surface area contributed by atoms with Crippen molar-refractivity contribution < 1.29 is 0 Å². The maximum Gasteiger partial charge on any atom is 0.391 e. The lowest BCUT2D eigenvalue weighted by Gasteiger charge is -2.06. The molecule has 0 saturated heterocycles. The second-order valence-electron chi connectivity index (χ2n) is 3.06. The van der Waals surface area contributed by atoms with E-state index in [1.165, 1.54) is 0 Å². The molecule has 0 fully saturated rings. The molecule has 3 nitrogen and oxygen atoms in total. The Balaban J connectivity index is 0.00000112. The molecule has 5 heteroatoms. The summed E-state index contributed by atoms with van der Waals surface area (Å²) < 4.78 is 0. The van der Waals surface area contributed by atoms with Crippen molar-refractivity contribution in [3.63, 3.8) is 0 Å². The standard InChI is InChI=1S/C10H11ClN3.HI/c11-10-4-2-1-3-9(10)7-13-14-6-5-12-8-14;/h1-4,13H,5-7H2;1H/q+1;. The van der Waals surface area contributed by atoms with E-state index in [-0.39, 0.29) is 24.0 Å². The fraction of sp³-hybridized carbons (Fsp3) is 0.300. The van der Waals surface area contributed by atoms with Gasteiger partial charge in [-0.3, -0.25) is 0 Å². The first kappa shape index (κ1) is 12.6. The normalized spacial score (nSPS) is 13.0. The van der Waals surface area contributed by atoms with E-state index in [1.54, 1.807) is 0 Å². The van der Waals surface area contributed by atoms with Gasteiger partial charge in [0.25, 0.3) is 0 Å². The van der Waals surface area contributed by atoms with Crippen LogP contribution in [0.4, 0.5) is 0 Å². The smallest absolute Gasteiger partial charge is 0.195 e. The van der Waals surface area contributed by atoms with Gasteiger partial charge in [0.2, 0.25) is 6.54 Å². The third-order valence-electron chi connectivity index (χ3n) is 2.05. The lowest BCUT2D eigenvalue weighted by molar-refractivity contribution is 0.308. The lowest BCUT2D eigenvalue weighted by Crippen LogP contribution is -2.32. The highest BCUT2D eigenvalue weighted by Gasteiger charge is 2.15. The average Bonchev–Trinajstić information content (AvgIpc) is 2.69. The number of halogens is 2. The average molecular weight is 337 g/mol. The van der Waals surface area contributed by atoms with Crippen molar-refractivity contribution in [2.24, 2.45) is 0 Å². The predicted molar refractivity (Wildman–Crippen MR) is 72.5 cm³/mol. The lowest BCUT2D eigenvalue weighted by atomic mass is 10.2. The maximum absolute atomic E-state index is 6.01. The van der Waals surface area contributed by atoms with Gasteiger partial charge in [-0.2, -0.15) is 4.85 Å². The van der Waals surface area contributed by atoms with Gasteiger partial charge in [0.15, 0.2) is 6.54 Å². The molecular formula is C10H12ClIN3+. The monoisotopic (exact) mass is 336 g/mol. The minimum Gasteiger partial charge on any atom is -0.195 e. The van der Waals surface area contributed by atoms with Gasteiger partial charge < -0.3 is 0 Å². The number of nitrogens with zero attached hydrogens (tertiary/aromatic N) is 2. The molecule has 0 unspecified atom stereocenters. The molecule has 0 amide bonds. The molecule has 0 radical (unpaired) electrons. The minimum atomic E-state index is 0. The first-order valence-corrected chi connectivity index (χ1v) is 4.90. The van der Waals surface area contributed by atoms with E-state index in [4.69, 9.17) is 11.6 Å². The second kappa shape index (κ2) is 6.16. The Morgan fingerprint density at radius 2 is 2.27 bits per heavy atom. The van der Waals surface area contributed by atoms with E-state index in [0.717, 1.165) is 23.7 Å². The van der Waals surface area contributed by atoms with Crippen molar-refractivity contribution in [2.75, 3.05) is 13.1 Å². The van der Waals surface area contributed by atoms with Crippen LogP contribution in [0, 0.1) is 6.19 Å². The summed E-state index contributed by atoms with van der Waals surface area (Å²) in [7, 11) is 0. The summed E-state index contributed by atoms with van der Waals surface area (Å²) in [4.78, 5) is 3.98. The summed E-state index contributed by atoms with van der Waals surface area (Å²) in [6, 6.07) is 7.79. The Bertz CT molecular complexity index is 386. The van der Waals surface area contributed by atoms with Gasteiger partial charge in [-0.15, -0.1) is 34.4 Å². The molecule has 1 heterocycles. The molecule has 1 N–H and O–H groups in total. The minimum absolute atomic E-state index is 0. The van der Waals surface area contributed by atoms with Crippen LogP contribution in [0.5, 0.6) is 0 Å². The molecule has 0 bridgehead atoms. The quantitative estimate of drug-likeness (QED) is 0.676. The van der Waals surface area contributed by atoms with Crippen LogP contribution in [0.25, 0.3) is 4.85 Å². The first-order chi connectivity index (χ1) is 6.86. The van der Waals surface area contributed by atoms with E-state index in [9.17, 15) is 0 Å². The number of nitrogens with one attached hydrogen (secondary N) is 1. The third-order valence-corrected chi connectivity index (χ3v) is 2.41. The highest BCUT2D eigenvalue weighted by molar-refractivity contribution is 14.0. The summed E-state index contributed by atoms with van der Waals surface area (Å²) in [5, 5.41) is 2.64. The summed E-state index contributed by atoms with van der Waals surface area (Å²) in [6.07, 6.45) is 2.85. The van der Waals surface area contributed by atoms with Crippen LogP contribution >= 0.6 is 35.6 Å². The van der Waals surface area contributed by atoms with Gasteiger partial charge in [-0.25, -0.2) is 0 Å². The van der Waals surface area contributed by atoms with Crippen LogP contribution in [-0.2, 0) is 6.54 Å². The van der Waals surface area contributed by atoms with Crippen LogP contribution in [0.2, 0.25) is 5.02 Å². The Kier molecular flexibility index (Phi) is 5.15. The van der Waals surface area contributed by atoms with Crippen molar-refractivity contribution in [3.8, 4) is 6.19 Å². The van der Waals surface area contributed by atoms with Gasteiger partial charge >= 0.3 is 6.19 Å². The fourth-order valence-corrected chi connectivity index (χ4v) is 1.47. The summed E-state index contributed by atoms with van der Waals surface area (Å²) >= 11 is 6.01. The van der Waals surface area contributed by atoms with E-state index in [0.29, 0.717) is 6.54 Å². The maximum atomic E-state index is 6.01. The Morgan fingerprint density at radius 1 is 1.47 bits per heavy atom. The third kappa shape index (κ3) is 3.52. The molecule has 15 heavy (non-hydrogen) atoms. The van der Waals surface area contributed by atoms with Gasteiger partial charge in [0, 0.05) is 5.02 Å². The summed E-state index contributed by atoms with van der Waals surface area (Å²) in [5.74, 6) is 0. The van der Waals surface area contributed by atoms with E-state index in [2.05, 4.69) is 16.5 Å². The summed E-state index contributed by atoms with van der Waals surface area (Å²) in [5.41, 5.74) is 4.27. The van der Waals surface area contributed by atoms with Gasteiger partial charge in [0.05, 0.1) is 6.54 Å². The number of hydrogen-bond donors (Lipinski definition) is 1. The van der Waals surface area contributed by atoms with Crippen molar-refractivity contribution in [1.29, 1.82) is 0 Å². The largest absolute Gasteiger partial charge is 0.391 e. The van der Waals surface area contributed by atoms with Crippen molar-refractivity contribution in [2.45, 2.75) is 6.54 Å². The molecule has 2 rings (SSSR count). The first-order valence-electron chi connectivity index (χ1n) is 4.53. The molecular weight excluding hydrogens is 324 g/mol. The fourth-order valence-electron chi connectivity index (χ4n) is 1.27. The zero-order valence-electron chi connectivity index (χ0n) is 8.11. The summed E-state index contributed by atoms with van der Waals surface area (Å²) in [6.45, 7) is 2.40. The highest BCUT2D eigenvalue weighted by atomic mass is 127. The number of hydrazine groups is 1. The molecule has 0 saturated carbocycles. The van der Waals surface area contributed by atoms with Crippen molar-refractivity contribution in [1.82, 2.24) is 10.4 Å². The Hall–Kier alpha value is -0.510. The molecule has 0 aromatic heterocycles. The van der Waals surface area contributed by atoms with Crippen LogP contribution in [0.15, 0.2) is 24.3 Å². The molecule has 1 aliphatic rings. The zero-order valence-corrected chi connectivity index (χ0v) is 11.2. The van der Waals surface area contributed by atoms with Gasteiger partial charge in [-0.05, 0) is 11.6 Å². The Morgan fingerprint density at radius 3 is 2.93 bits per heavy atom. The molecule has 1 aromatic rings. The Labute approximate surface area is 111 Å². The van der Waals surface area contributed by atoms with Crippen LogP contribution in [0.1, 0.15) is 5.56 Å². The second-order valence-corrected chi connectivity index (χ2v) is 3.47. The predicted octanol–water partition coefficient (Wildman–Crippen LogP) is 2.57. The van der Waals surface area contributed by atoms with Gasteiger partial charge in [-0.1, -0.05) is 29.8 Å². The van der Waals surface area contributed by atoms with E-state index >= 15 is 0 Å². The van der Waals surface area contributed by atoms with Crippen LogP contribution in [-0.4, -0.2) is 18.1 Å². The highest BCUT2D eigenvalue weighted by Crippen LogP contribution is 2.14. The van der Waals surface area contributed by atoms with Crippen LogP contribution in [0.3, 0.4) is 0 Å². The van der Waals surface area contributed by atoms with Crippen molar-refractivity contribution in [3.05, 3.63) is 39.7 Å². The van der Waals surface area contributed by atoms with E-state index in [1.807, 2.05) is 29.3 Å². The van der Waals surface area contributed by atoms with E-state index < -0.39 is 0 Å². The molecule has 1 aliphatic heterocycles. The molecule has 0 atom stereocenters. The zero-order chi connectivity index (χ0) is 9.80. The van der Waals surface area contributed by atoms with Crippen molar-refractivity contribution >= 4 is 35.6 Å². The number of rotatable bonds is 3. The number of benzene rings is 1. The molecule has 0 spiro atoms. The number of hydrogen-bond acceptors (Lipinski definition) is 2. The molecule has 1 aromatic carbocycles. The molecule has 80 valence electrons. The SMILES string of the molecule is Clc1ccccc1CNN1C#[N+]CC1.I. The van der Waals surface area contributed by atoms with Crippen LogP contribution < -0.4 is 5.43 Å². The van der Waals surface area contributed by atoms with Gasteiger partial charge in [0.1, 0.15) is 0 Å². The molecule has 0 aliphatic carbocycles.